The third kappa shape index (κ3) is 3.50. The summed E-state index contributed by atoms with van der Waals surface area (Å²) in [6.07, 6.45) is 11.0. The molecule has 1 aromatic rings. The fourth-order valence-electron chi connectivity index (χ4n) is 8.04. The minimum atomic E-state index is -0.441. The molecule has 5 nitrogen and oxygen atoms in total. The van der Waals surface area contributed by atoms with Gasteiger partial charge in [0.05, 0.1) is 33.5 Å². The first-order valence-corrected chi connectivity index (χ1v) is 12.8. The van der Waals surface area contributed by atoms with Gasteiger partial charge in [-0.2, -0.15) is 0 Å². The van der Waals surface area contributed by atoms with Gasteiger partial charge < -0.3 is 24.4 Å². The molecule has 3 saturated carbocycles. The molecule has 4 aliphatic carbocycles. The van der Waals surface area contributed by atoms with E-state index in [2.05, 4.69) is 26.0 Å². The van der Waals surface area contributed by atoms with Crippen molar-refractivity contribution < 1.29 is 24.4 Å². The number of benzene rings is 1. The Kier molecular flexibility index (Phi) is 6.01. The first-order chi connectivity index (χ1) is 16.2. The van der Waals surface area contributed by atoms with Gasteiger partial charge >= 0.3 is 0 Å². The van der Waals surface area contributed by atoms with Crippen molar-refractivity contribution in [1.82, 2.24) is 0 Å². The Morgan fingerprint density at radius 3 is 2.26 bits per heavy atom. The summed E-state index contributed by atoms with van der Waals surface area (Å²) in [6.45, 7) is 4.75. The van der Waals surface area contributed by atoms with E-state index >= 15 is 0 Å². The molecule has 0 spiro atoms. The molecule has 3 fully saturated rings. The molecule has 0 aromatic heterocycles. The number of rotatable bonds is 4. The molecule has 4 aliphatic rings. The minimum absolute atomic E-state index is 0.0937. The molecule has 5 rings (SSSR count). The largest absolute Gasteiger partial charge is 0.493 e. The Hall–Kier alpha value is -1.98. The second kappa shape index (κ2) is 8.60. The normalized spacial score (nSPS) is 40.1. The van der Waals surface area contributed by atoms with Crippen molar-refractivity contribution in [2.24, 2.45) is 28.6 Å². The standard InChI is InChI=1S/C29H40O5/c1-28-10-8-20(30)16-19(28)6-7-21-22(28)9-11-29(2)23(21)15-18(27(29)31)12-17-13-24(32-3)26(34-5)25(14-17)33-4/h6,12-14,20-23,27,30-31H,7-11,15-16H2,1-5H3/t20-,21+,22-,23-,27-,28-,29-/m0/s1. The molecule has 0 aliphatic heterocycles. The molecule has 0 bridgehead atoms. The van der Waals surface area contributed by atoms with Crippen molar-refractivity contribution in [3.8, 4) is 17.2 Å². The van der Waals surface area contributed by atoms with Crippen molar-refractivity contribution in [3.63, 3.8) is 0 Å². The van der Waals surface area contributed by atoms with Gasteiger partial charge in [0.2, 0.25) is 5.75 Å². The van der Waals surface area contributed by atoms with E-state index < -0.39 is 6.10 Å². The third-order valence-corrected chi connectivity index (χ3v) is 9.99. The van der Waals surface area contributed by atoms with Crippen molar-refractivity contribution >= 4 is 6.08 Å². The molecule has 1 aromatic carbocycles. The SMILES string of the molecule is COc1cc(C=C2C[C@H]3[C@@H]4CC=C5C[C@@H](O)CC[C@]5(C)[C@H]4CC[C@]3(C)[C@H]2O)cc(OC)c1OC. The van der Waals surface area contributed by atoms with Crippen LogP contribution in [0.4, 0.5) is 0 Å². The zero-order valence-electron chi connectivity index (χ0n) is 21.3. The Balaban J connectivity index is 1.47. The van der Waals surface area contributed by atoms with E-state index in [-0.39, 0.29) is 16.9 Å². The summed E-state index contributed by atoms with van der Waals surface area (Å²) in [6, 6.07) is 3.91. The molecule has 0 heterocycles. The van der Waals surface area contributed by atoms with Crippen LogP contribution in [-0.2, 0) is 0 Å². The van der Waals surface area contributed by atoms with Crippen LogP contribution in [0.15, 0.2) is 29.4 Å². The van der Waals surface area contributed by atoms with Crippen LogP contribution in [0.5, 0.6) is 17.2 Å². The summed E-state index contributed by atoms with van der Waals surface area (Å²) >= 11 is 0. The van der Waals surface area contributed by atoms with Crippen LogP contribution in [0.3, 0.4) is 0 Å². The van der Waals surface area contributed by atoms with Gasteiger partial charge in [0.1, 0.15) is 0 Å². The van der Waals surface area contributed by atoms with E-state index in [1.54, 1.807) is 21.3 Å². The van der Waals surface area contributed by atoms with Gasteiger partial charge in [-0.1, -0.05) is 31.6 Å². The van der Waals surface area contributed by atoms with Gasteiger partial charge in [-0.3, -0.25) is 0 Å². The number of allylic oxidation sites excluding steroid dienone is 1. The van der Waals surface area contributed by atoms with Crippen LogP contribution in [0.2, 0.25) is 0 Å². The lowest BCUT2D eigenvalue weighted by Crippen LogP contribution is -2.51. The molecular formula is C29H40O5. The summed E-state index contributed by atoms with van der Waals surface area (Å²) in [5, 5.41) is 21.8. The average Bonchev–Trinajstić information content (AvgIpc) is 3.08. The molecule has 0 saturated heterocycles. The maximum absolute atomic E-state index is 11.6. The van der Waals surface area contributed by atoms with Crippen LogP contribution in [0.25, 0.3) is 6.08 Å². The predicted octanol–water partition coefficient (Wildman–Crippen LogP) is 5.39. The lowest BCUT2D eigenvalue weighted by atomic mass is 9.48. The maximum atomic E-state index is 11.6. The van der Waals surface area contributed by atoms with Crippen LogP contribution in [-0.4, -0.2) is 43.8 Å². The highest BCUT2D eigenvalue weighted by Gasteiger charge is 2.59. The average molecular weight is 469 g/mol. The van der Waals surface area contributed by atoms with Crippen LogP contribution in [0, 0.1) is 28.6 Å². The Morgan fingerprint density at radius 1 is 0.912 bits per heavy atom. The van der Waals surface area contributed by atoms with E-state index in [1.807, 2.05) is 12.1 Å². The second-order valence-electron chi connectivity index (χ2n) is 11.5. The van der Waals surface area contributed by atoms with Crippen molar-refractivity contribution in [3.05, 3.63) is 34.9 Å². The molecule has 0 amide bonds. The summed E-state index contributed by atoms with van der Waals surface area (Å²) in [5.74, 6) is 3.53. The highest BCUT2D eigenvalue weighted by atomic mass is 16.5. The zero-order valence-corrected chi connectivity index (χ0v) is 21.3. The fourth-order valence-corrected chi connectivity index (χ4v) is 8.04. The fraction of sp³-hybridized carbons (Fsp3) is 0.655. The molecule has 34 heavy (non-hydrogen) atoms. The van der Waals surface area contributed by atoms with Crippen LogP contribution in [0.1, 0.15) is 64.4 Å². The summed E-state index contributed by atoms with van der Waals surface area (Å²) < 4.78 is 16.6. The quantitative estimate of drug-likeness (QED) is 0.580. The van der Waals surface area contributed by atoms with E-state index in [4.69, 9.17) is 14.2 Å². The number of aliphatic hydroxyl groups excluding tert-OH is 2. The lowest BCUT2D eigenvalue weighted by Gasteiger charge is -2.57. The molecule has 5 heteroatoms. The van der Waals surface area contributed by atoms with E-state index in [1.165, 1.54) is 5.57 Å². The second-order valence-corrected chi connectivity index (χ2v) is 11.5. The molecule has 0 radical (unpaired) electrons. The first kappa shape index (κ1) is 23.7. The van der Waals surface area contributed by atoms with Crippen molar-refractivity contribution in [2.45, 2.75) is 71.0 Å². The number of hydrogen-bond acceptors (Lipinski definition) is 5. The molecule has 0 unspecified atom stereocenters. The van der Waals surface area contributed by atoms with Crippen molar-refractivity contribution in [2.75, 3.05) is 21.3 Å². The Labute approximate surface area is 203 Å². The Bertz CT molecular complexity index is 987. The molecule has 7 atom stereocenters. The Morgan fingerprint density at radius 2 is 1.62 bits per heavy atom. The van der Waals surface area contributed by atoms with Crippen LogP contribution >= 0.6 is 0 Å². The van der Waals surface area contributed by atoms with E-state index in [9.17, 15) is 10.2 Å². The summed E-state index contributed by atoms with van der Waals surface area (Å²) in [4.78, 5) is 0. The van der Waals surface area contributed by atoms with Gasteiger partial charge in [-0.15, -0.1) is 0 Å². The van der Waals surface area contributed by atoms with Gasteiger partial charge in [-0.05, 0) is 91.4 Å². The smallest absolute Gasteiger partial charge is 0.203 e. The number of methoxy groups -OCH3 is 3. The lowest BCUT2D eigenvalue weighted by molar-refractivity contribution is -0.0685. The number of aliphatic hydroxyl groups is 2. The topological polar surface area (TPSA) is 68.2 Å². The number of fused-ring (bicyclic) bond motifs is 5. The zero-order chi connectivity index (χ0) is 24.3. The van der Waals surface area contributed by atoms with Gasteiger partial charge in [0.15, 0.2) is 11.5 Å². The molecular weight excluding hydrogens is 428 g/mol. The third-order valence-electron chi connectivity index (χ3n) is 9.99. The van der Waals surface area contributed by atoms with Crippen molar-refractivity contribution in [1.29, 1.82) is 0 Å². The monoisotopic (exact) mass is 468 g/mol. The highest BCUT2D eigenvalue weighted by molar-refractivity contribution is 5.64. The molecule has 186 valence electrons. The number of hydrogen-bond donors (Lipinski definition) is 2. The van der Waals surface area contributed by atoms with Gasteiger partial charge in [0.25, 0.3) is 0 Å². The highest BCUT2D eigenvalue weighted by Crippen LogP contribution is 2.65. The van der Waals surface area contributed by atoms with Crippen LogP contribution < -0.4 is 14.2 Å². The summed E-state index contributed by atoms with van der Waals surface area (Å²) in [7, 11) is 4.87. The van der Waals surface area contributed by atoms with Gasteiger partial charge in [-0.25, -0.2) is 0 Å². The predicted molar refractivity (Wildman–Crippen MR) is 133 cm³/mol. The molecule has 2 N–H and O–H groups in total. The van der Waals surface area contributed by atoms with Gasteiger partial charge in [0, 0.05) is 5.41 Å². The van der Waals surface area contributed by atoms with E-state index in [0.717, 1.165) is 56.1 Å². The van der Waals surface area contributed by atoms with E-state index in [0.29, 0.717) is 35.0 Å². The summed E-state index contributed by atoms with van der Waals surface area (Å²) in [5.41, 5.74) is 3.67. The minimum Gasteiger partial charge on any atom is -0.493 e. The maximum Gasteiger partial charge on any atom is 0.203 e. The number of ether oxygens (including phenoxy) is 3. The first-order valence-electron chi connectivity index (χ1n) is 12.8.